The Kier molecular flexibility index (Phi) is 2.10. The summed E-state index contributed by atoms with van der Waals surface area (Å²) >= 11 is 0. The number of rotatable bonds is 0. The molecule has 0 fully saturated rings. The predicted octanol–water partition coefficient (Wildman–Crippen LogP) is 7.39. The van der Waals surface area contributed by atoms with Gasteiger partial charge in [-0.15, -0.1) is 0 Å². The maximum Gasteiger partial charge on any atom is 0.0156 e. The highest BCUT2D eigenvalue weighted by molar-refractivity contribution is 8.09. The maximum absolute atomic E-state index is 2.56. The second-order valence-electron chi connectivity index (χ2n) is 8.81. The highest BCUT2D eigenvalue weighted by Crippen LogP contribution is 2.57. The van der Waals surface area contributed by atoms with Gasteiger partial charge in [0, 0.05) is 42.8 Å². The van der Waals surface area contributed by atoms with Crippen LogP contribution in [-0.2, 0) is 23.0 Å². The molecule has 5 aromatic carbocycles. The zero-order valence-corrected chi connectivity index (χ0v) is 16.9. The minimum Gasteiger partial charge on any atom is -0.168 e. The monoisotopic (exact) mass is 392 g/mol. The summed E-state index contributed by atoms with van der Waals surface area (Å²) in [5.41, 5.74) is 6.57. The highest BCUT2D eigenvalue weighted by atomic mass is 32.2. The summed E-state index contributed by atoms with van der Waals surface area (Å²) in [6.45, 7) is 0. The molecule has 0 N–H and O–H groups in total. The minimum absolute atomic E-state index is 0.392. The minimum atomic E-state index is 0.392. The molecule has 4 aliphatic rings. The van der Waals surface area contributed by atoms with Crippen molar-refractivity contribution in [3.63, 3.8) is 0 Å². The van der Waals surface area contributed by atoms with Gasteiger partial charge in [-0.25, -0.2) is 0 Å². The Morgan fingerprint density at radius 1 is 0.536 bits per heavy atom. The molecule has 132 valence electrons. The van der Waals surface area contributed by atoms with E-state index in [2.05, 4.69) is 48.5 Å². The molecule has 0 amide bonds. The SMILES string of the molecule is c1cc2c3c4c5c(c6cc7cccc8c7c7c6c(c5cc3c1)CS=7C8)CS=4C2. The van der Waals surface area contributed by atoms with Gasteiger partial charge in [0.05, 0.1) is 0 Å². The summed E-state index contributed by atoms with van der Waals surface area (Å²) in [4.78, 5) is 0. The summed E-state index contributed by atoms with van der Waals surface area (Å²) in [5.74, 6) is 5.09. The lowest BCUT2D eigenvalue weighted by atomic mass is 9.88. The van der Waals surface area contributed by atoms with E-state index in [4.69, 9.17) is 0 Å². The Morgan fingerprint density at radius 3 is 1.54 bits per heavy atom. The van der Waals surface area contributed by atoms with Gasteiger partial charge >= 0.3 is 0 Å². The summed E-state index contributed by atoms with van der Waals surface area (Å²) in [5, 5.41) is 12.7. The third-order valence-corrected chi connectivity index (χ3v) is 12.1. The van der Waals surface area contributed by atoms with E-state index in [1.807, 2.05) is 0 Å². The summed E-state index contributed by atoms with van der Waals surface area (Å²) in [7, 11) is 0.785. The number of fused-ring (bicyclic) bond motifs is 2. The van der Waals surface area contributed by atoms with Crippen molar-refractivity contribution in [1.82, 2.24) is 0 Å². The van der Waals surface area contributed by atoms with E-state index < -0.39 is 0 Å². The average Bonchev–Trinajstić information content (AvgIpc) is 3.43. The molecule has 0 spiro atoms. The van der Waals surface area contributed by atoms with E-state index >= 15 is 0 Å². The Bertz CT molecular complexity index is 1670. The predicted molar refractivity (Wildman–Crippen MR) is 124 cm³/mol. The van der Waals surface area contributed by atoms with Gasteiger partial charge in [0.15, 0.2) is 0 Å². The number of hydrogen-bond acceptors (Lipinski definition) is 0. The Balaban J connectivity index is 1.67. The van der Waals surface area contributed by atoms with Crippen LogP contribution >= 0.6 is 21.0 Å². The third-order valence-electron chi connectivity index (χ3n) is 7.54. The maximum atomic E-state index is 2.56. The van der Waals surface area contributed by atoms with Crippen molar-refractivity contribution in [3.8, 4) is 0 Å². The molecule has 4 aliphatic heterocycles. The lowest BCUT2D eigenvalue weighted by molar-refractivity contribution is 1.41. The smallest absolute Gasteiger partial charge is 0.0156 e. The van der Waals surface area contributed by atoms with Gasteiger partial charge in [-0.2, -0.15) is 21.0 Å². The lowest BCUT2D eigenvalue weighted by Gasteiger charge is -2.16. The fourth-order valence-corrected chi connectivity index (χ4v) is 12.0. The van der Waals surface area contributed by atoms with Crippen LogP contribution in [0.5, 0.6) is 0 Å². The molecule has 0 aromatic heterocycles. The fraction of sp³-hybridized carbons (Fsp3) is 0.154. The van der Waals surface area contributed by atoms with Gasteiger partial charge in [-0.1, -0.05) is 36.4 Å². The van der Waals surface area contributed by atoms with Gasteiger partial charge in [0.2, 0.25) is 0 Å². The molecule has 4 heterocycles. The molecule has 0 saturated carbocycles. The summed E-state index contributed by atoms with van der Waals surface area (Å²) < 4.78 is 3.46. The molecular formula is C26H16S2. The molecule has 0 bridgehead atoms. The van der Waals surface area contributed by atoms with Crippen LogP contribution in [0.15, 0.2) is 48.5 Å². The van der Waals surface area contributed by atoms with Crippen LogP contribution in [0.1, 0.15) is 22.3 Å². The van der Waals surface area contributed by atoms with E-state index in [1.165, 1.54) is 33.8 Å². The standard InChI is InChI=1S/C26H16S2/c1-3-13-7-17-19-12-28-10-16-6-2-4-14-8-18(24(19)26(28)22(14)16)20-11-27-9-15(5-1)21(13)25(27)23(17)20/h1-8H,9-12H2. The highest BCUT2D eigenvalue weighted by Gasteiger charge is 2.31. The van der Waals surface area contributed by atoms with Crippen LogP contribution in [-0.4, -0.2) is 0 Å². The first-order chi connectivity index (χ1) is 13.9. The van der Waals surface area contributed by atoms with E-state index in [-0.39, 0.29) is 0 Å². The zero-order valence-electron chi connectivity index (χ0n) is 15.3. The van der Waals surface area contributed by atoms with Crippen LogP contribution in [0.25, 0.3) is 43.1 Å². The first-order valence-electron chi connectivity index (χ1n) is 10.1. The number of hydrogen-bond donors (Lipinski definition) is 0. The zero-order chi connectivity index (χ0) is 17.7. The molecule has 9 rings (SSSR count). The van der Waals surface area contributed by atoms with E-state index in [9.17, 15) is 0 Å². The second kappa shape index (κ2) is 4.22. The Morgan fingerprint density at radius 2 is 1.04 bits per heavy atom. The second-order valence-corrected chi connectivity index (χ2v) is 12.7. The average molecular weight is 393 g/mol. The normalized spacial score (nSPS) is 22.4. The first-order valence-corrected chi connectivity index (χ1v) is 13.2. The van der Waals surface area contributed by atoms with Gasteiger partial charge in [-0.3, -0.25) is 0 Å². The Hall–Kier alpha value is -2.16. The topological polar surface area (TPSA) is 0 Å². The third kappa shape index (κ3) is 1.30. The van der Waals surface area contributed by atoms with Crippen molar-refractivity contribution in [2.45, 2.75) is 23.0 Å². The van der Waals surface area contributed by atoms with Gasteiger partial charge < -0.3 is 0 Å². The fourth-order valence-electron chi connectivity index (χ4n) is 6.56. The van der Waals surface area contributed by atoms with Crippen molar-refractivity contribution in [3.05, 3.63) is 79.8 Å². The van der Waals surface area contributed by atoms with Crippen LogP contribution < -0.4 is 0 Å². The molecule has 0 nitrogen and oxygen atoms in total. The van der Waals surface area contributed by atoms with Crippen molar-refractivity contribution >= 4 is 64.1 Å². The molecule has 0 aliphatic carbocycles. The largest absolute Gasteiger partial charge is 0.168 e. The number of benzene rings is 5. The summed E-state index contributed by atoms with van der Waals surface area (Å²) in [6, 6.07) is 19.1. The summed E-state index contributed by atoms with van der Waals surface area (Å²) in [6.07, 6.45) is 0. The van der Waals surface area contributed by atoms with Crippen LogP contribution in [0, 0.1) is 9.02 Å². The van der Waals surface area contributed by atoms with Crippen LogP contribution in [0.4, 0.5) is 0 Å². The van der Waals surface area contributed by atoms with Crippen molar-refractivity contribution in [2.24, 2.45) is 0 Å². The molecule has 0 radical (unpaired) electrons. The molecule has 0 saturated heterocycles. The van der Waals surface area contributed by atoms with Gasteiger partial charge in [-0.05, 0) is 66.7 Å². The Labute approximate surface area is 166 Å². The van der Waals surface area contributed by atoms with Gasteiger partial charge in [0.1, 0.15) is 0 Å². The molecule has 2 unspecified atom stereocenters. The van der Waals surface area contributed by atoms with Gasteiger partial charge in [0.25, 0.3) is 0 Å². The lowest BCUT2D eigenvalue weighted by Crippen LogP contribution is -1.95. The van der Waals surface area contributed by atoms with E-state index in [0.717, 1.165) is 0 Å². The quantitative estimate of drug-likeness (QED) is 0.190. The van der Waals surface area contributed by atoms with Crippen molar-refractivity contribution in [2.75, 3.05) is 0 Å². The van der Waals surface area contributed by atoms with Crippen molar-refractivity contribution in [1.29, 1.82) is 0 Å². The molecule has 5 aromatic rings. The van der Waals surface area contributed by atoms with Crippen LogP contribution in [0.3, 0.4) is 0 Å². The van der Waals surface area contributed by atoms with Crippen molar-refractivity contribution < 1.29 is 0 Å². The molecular weight excluding hydrogens is 376 g/mol. The molecule has 2 heteroatoms. The van der Waals surface area contributed by atoms with Crippen LogP contribution in [0.2, 0.25) is 0 Å². The van der Waals surface area contributed by atoms with E-state index in [0.29, 0.717) is 21.0 Å². The molecule has 2 atom stereocenters. The van der Waals surface area contributed by atoms with E-state index in [1.54, 1.807) is 63.6 Å². The molecule has 28 heavy (non-hydrogen) atoms. The first kappa shape index (κ1) is 13.9.